The van der Waals surface area contributed by atoms with E-state index in [1.54, 1.807) is 4.90 Å². The monoisotopic (exact) mass is 279 g/mol. The molecule has 1 aromatic rings. The van der Waals surface area contributed by atoms with E-state index >= 15 is 0 Å². The molecule has 20 heavy (non-hydrogen) atoms. The van der Waals surface area contributed by atoms with Crippen LogP contribution in [0.4, 0.5) is 9.18 Å². The molecule has 0 bridgehead atoms. The molecule has 4 heteroatoms. The van der Waals surface area contributed by atoms with Crippen molar-refractivity contribution in [1.82, 2.24) is 4.90 Å². The summed E-state index contributed by atoms with van der Waals surface area (Å²) in [5.41, 5.74) is 0.695. The highest BCUT2D eigenvalue weighted by Gasteiger charge is 2.27. The van der Waals surface area contributed by atoms with Crippen LogP contribution in [-0.2, 0) is 4.74 Å². The lowest BCUT2D eigenvalue weighted by Gasteiger charge is -2.33. The maximum atomic E-state index is 12.9. The molecule has 0 N–H and O–H groups in total. The van der Waals surface area contributed by atoms with E-state index in [1.807, 2.05) is 32.9 Å². The molecule has 1 aromatic carbocycles. The minimum atomic E-state index is -0.453. The van der Waals surface area contributed by atoms with Gasteiger partial charge in [0.05, 0.1) is 0 Å². The minimum absolute atomic E-state index is 0.208. The van der Waals surface area contributed by atoms with Crippen molar-refractivity contribution in [3.8, 4) is 0 Å². The predicted molar refractivity (Wildman–Crippen MR) is 76.2 cm³/mol. The number of amides is 1. The van der Waals surface area contributed by atoms with Gasteiger partial charge in [-0.05, 0) is 57.2 Å². The lowest BCUT2D eigenvalue weighted by Crippen LogP contribution is -2.41. The summed E-state index contributed by atoms with van der Waals surface area (Å²) in [4.78, 5) is 13.7. The first kappa shape index (κ1) is 14.8. The van der Waals surface area contributed by atoms with E-state index < -0.39 is 5.60 Å². The Bertz CT molecular complexity index is 456. The van der Waals surface area contributed by atoms with Gasteiger partial charge in [0.15, 0.2) is 0 Å². The zero-order valence-electron chi connectivity index (χ0n) is 12.4. The van der Waals surface area contributed by atoms with E-state index in [9.17, 15) is 9.18 Å². The molecule has 0 saturated carbocycles. The van der Waals surface area contributed by atoms with E-state index in [1.165, 1.54) is 12.1 Å². The van der Waals surface area contributed by atoms with Gasteiger partial charge in [0.25, 0.3) is 0 Å². The van der Waals surface area contributed by atoms with Gasteiger partial charge < -0.3 is 9.64 Å². The second-order valence-corrected chi connectivity index (χ2v) is 6.29. The van der Waals surface area contributed by atoms with Gasteiger partial charge in [0.1, 0.15) is 11.4 Å². The second kappa shape index (κ2) is 5.81. The standard InChI is InChI=1S/C16H22FNO2/c1-16(2,3)20-15(19)18-10-8-13(9-11-18)12-4-6-14(17)7-5-12/h4-7,13H,8-11H2,1-3H3. The number of likely N-dealkylation sites (tertiary alicyclic amines) is 1. The average molecular weight is 279 g/mol. The van der Waals surface area contributed by atoms with Crippen LogP contribution in [-0.4, -0.2) is 29.7 Å². The summed E-state index contributed by atoms with van der Waals surface area (Å²) in [5, 5.41) is 0. The van der Waals surface area contributed by atoms with Crippen LogP contribution in [0.5, 0.6) is 0 Å². The van der Waals surface area contributed by atoms with Crippen LogP contribution in [0.1, 0.15) is 45.1 Å². The quantitative estimate of drug-likeness (QED) is 0.779. The van der Waals surface area contributed by atoms with Crippen LogP contribution in [0.25, 0.3) is 0 Å². The smallest absolute Gasteiger partial charge is 0.410 e. The van der Waals surface area contributed by atoms with Gasteiger partial charge in [-0.15, -0.1) is 0 Å². The molecule has 0 unspecified atom stereocenters. The molecule has 1 fully saturated rings. The van der Waals surface area contributed by atoms with Crippen molar-refractivity contribution >= 4 is 6.09 Å². The van der Waals surface area contributed by atoms with Gasteiger partial charge in [-0.25, -0.2) is 9.18 Å². The maximum absolute atomic E-state index is 12.9. The normalized spacial score (nSPS) is 17.1. The average Bonchev–Trinajstić information content (AvgIpc) is 2.38. The minimum Gasteiger partial charge on any atom is -0.444 e. The fourth-order valence-corrected chi connectivity index (χ4v) is 2.46. The Morgan fingerprint density at radius 2 is 1.75 bits per heavy atom. The molecule has 1 heterocycles. The Morgan fingerprint density at radius 3 is 2.25 bits per heavy atom. The largest absolute Gasteiger partial charge is 0.444 e. The summed E-state index contributed by atoms with van der Waals surface area (Å²) in [5.74, 6) is 0.189. The first-order chi connectivity index (χ1) is 9.35. The lowest BCUT2D eigenvalue weighted by atomic mass is 9.89. The number of halogens is 1. The molecule has 0 atom stereocenters. The molecule has 0 radical (unpaired) electrons. The molecule has 0 spiro atoms. The van der Waals surface area contributed by atoms with Crippen molar-refractivity contribution in [2.24, 2.45) is 0 Å². The summed E-state index contributed by atoms with van der Waals surface area (Å²) < 4.78 is 18.3. The number of carbonyl (C=O) groups excluding carboxylic acids is 1. The molecule has 1 amide bonds. The molecule has 2 rings (SSSR count). The van der Waals surface area contributed by atoms with E-state index in [2.05, 4.69) is 0 Å². The number of ether oxygens (including phenoxy) is 1. The van der Waals surface area contributed by atoms with E-state index in [4.69, 9.17) is 4.74 Å². The van der Waals surface area contributed by atoms with Gasteiger partial charge >= 0.3 is 6.09 Å². The van der Waals surface area contributed by atoms with E-state index in [0.29, 0.717) is 19.0 Å². The van der Waals surface area contributed by atoms with Gasteiger partial charge in [0.2, 0.25) is 0 Å². The Balaban J connectivity index is 1.89. The molecule has 110 valence electrons. The summed E-state index contributed by atoms with van der Waals surface area (Å²) in [6, 6.07) is 6.66. The highest BCUT2D eigenvalue weighted by atomic mass is 19.1. The summed E-state index contributed by atoms with van der Waals surface area (Å²) in [7, 11) is 0. The zero-order valence-corrected chi connectivity index (χ0v) is 12.4. The Labute approximate surface area is 119 Å². The molecule has 1 aliphatic rings. The van der Waals surface area contributed by atoms with Gasteiger partial charge in [-0.3, -0.25) is 0 Å². The first-order valence-corrected chi connectivity index (χ1v) is 7.08. The zero-order chi connectivity index (χ0) is 14.8. The van der Waals surface area contributed by atoms with Crippen molar-refractivity contribution in [3.05, 3.63) is 35.6 Å². The van der Waals surface area contributed by atoms with Crippen LogP contribution in [0.15, 0.2) is 24.3 Å². The topological polar surface area (TPSA) is 29.5 Å². The van der Waals surface area contributed by atoms with E-state index in [0.717, 1.165) is 18.4 Å². The van der Waals surface area contributed by atoms with Crippen molar-refractivity contribution in [3.63, 3.8) is 0 Å². The van der Waals surface area contributed by atoms with Gasteiger partial charge in [-0.2, -0.15) is 0 Å². The summed E-state index contributed by atoms with van der Waals surface area (Å²) in [6.45, 7) is 7.00. The molecule has 1 saturated heterocycles. The third-order valence-electron chi connectivity index (χ3n) is 3.49. The van der Waals surface area contributed by atoms with Crippen LogP contribution in [0.2, 0.25) is 0 Å². The highest BCUT2D eigenvalue weighted by Crippen LogP contribution is 2.28. The van der Waals surface area contributed by atoms with Crippen LogP contribution in [0, 0.1) is 5.82 Å². The molecule has 0 aliphatic carbocycles. The third kappa shape index (κ3) is 3.95. The second-order valence-electron chi connectivity index (χ2n) is 6.29. The van der Waals surface area contributed by atoms with Crippen LogP contribution < -0.4 is 0 Å². The van der Waals surface area contributed by atoms with Crippen LogP contribution >= 0.6 is 0 Å². The highest BCUT2D eigenvalue weighted by molar-refractivity contribution is 5.68. The lowest BCUT2D eigenvalue weighted by molar-refractivity contribution is 0.0205. The molecular formula is C16H22FNO2. The predicted octanol–water partition coefficient (Wildman–Crippen LogP) is 3.94. The Morgan fingerprint density at radius 1 is 1.20 bits per heavy atom. The molecule has 1 aliphatic heterocycles. The SMILES string of the molecule is CC(C)(C)OC(=O)N1CCC(c2ccc(F)cc2)CC1. The number of benzene rings is 1. The van der Waals surface area contributed by atoms with Crippen LogP contribution in [0.3, 0.4) is 0 Å². The van der Waals surface area contributed by atoms with Gasteiger partial charge in [-0.1, -0.05) is 12.1 Å². The fourth-order valence-electron chi connectivity index (χ4n) is 2.46. The number of piperidine rings is 1. The molecule has 3 nitrogen and oxygen atoms in total. The Kier molecular flexibility index (Phi) is 4.31. The fraction of sp³-hybridized carbons (Fsp3) is 0.562. The van der Waals surface area contributed by atoms with Crippen molar-refractivity contribution in [1.29, 1.82) is 0 Å². The van der Waals surface area contributed by atoms with Gasteiger partial charge in [0, 0.05) is 13.1 Å². The first-order valence-electron chi connectivity index (χ1n) is 7.08. The summed E-state index contributed by atoms with van der Waals surface area (Å²) in [6.07, 6.45) is 1.55. The summed E-state index contributed by atoms with van der Waals surface area (Å²) >= 11 is 0. The molecular weight excluding hydrogens is 257 g/mol. The maximum Gasteiger partial charge on any atom is 0.410 e. The van der Waals surface area contributed by atoms with Crippen molar-refractivity contribution in [2.75, 3.05) is 13.1 Å². The molecule has 0 aromatic heterocycles. The third-order valence-corrected chi connectivity index (χ3v) is 3.49. The van der Waals surface area contributed by atoms with Crippen molar-refractivity contribution in [2.45, 2.75) is 45.1 Å². The van der Waals surface area contributed by atoms with Crippen molar-refractivity contribution < 1.29 is 13.9 Å². The number of hydrogen-bond acceptors (Lipinski definition) is 2. The number of nitrogens with zero attached hydrogens (tertiary/aromatic N) is 1. The van der Waals surface area contributed by atoms with E-state index in [-0.39, 0.29) is 11.9 Å². The number of carbonyl (C=O) groups is 1. The Hall–Kier alpha value is -1.58. The number of rotatable bonds is 1. The number of hydrogen-bond donors (Lipinski definition) is 0.